The summed E-state index contributed by atoms with van der Waals surface area (Å²) in [5.41, 5.74) is 5.11. The molecular weight excluding hydrogens is 162 g/mol. The molecule has 0 aliphatic heterocycles. The second kappa shape index (κ2) is 4.33. The number of rotatable bonds is 4. The van der Waals surface area contributed by atoms with Crippen LogP contribution >= 0.6 is 11.3 Å². The van der Waals surface area contributed by atoms with Crippen molar-refractivity contribution in [1.29, 1.82) is 0 Å². The van der Waals surface area contributed by atoms with Gasteiger partial charge in [0.15, 0.2) is 5.06 Å². The monoisotopic (exact) mass is 173 g/mol. The molecule has 0 saturated heterocycles. The van der Waals surface area contributed by atoms with Crippen molar-refractivity contribution in [3.05, 3.63) is 17.5 Å². The van der Waals surface area contributed by atoms with Crippen molar-refractivity contribution in [2.24, 2.45) is 5.73 Å². The third-order valence-electron chi connectivity index (χ3n) is 1.15. The van der Waals surface area contributed by atoms with Gasteiger partial charge in [0.25, 0.3) is 0 Å². The van der Waals surface area contributed by atoms with Gasteiger partial charge in [0.1, 0.15) is 6.23 Å². The second-order valence-corrected chi connectivity index (χ2v) is 3.05. The Morgan fingerprint density at radius 1 is 1.73 bits per heavy atom. The second-order valence-electron chi connectivity index (χ2n) is 2.14. The number of aliphatic hydroxyl groups excluding tert-OH is 1. The van der Waals surface area contributed by atoms with Crippen molar-refractivity contribution >= 4 is 11.3 Å². The number of nitrogens with two attached hydrogens (primary N) is 1. The average molecular weight is 173 g/mol. The quantitative estimate of drug-likeness (QED) is 0.662. The highest BCUT2D eigenvalue weighted by Crippen LogP contribution is 2.17. The van der Waals surface area contributed by atoms with Gasteiger partial charge in [-0.05, 0) is 17.5 Å². The molecule has 1 heterocycles. The van der Waals surface area contributed by atoms with E-state index in [1.807, 2.05) is 17.5 Å². The van der Waals surface area contributed by atoms with Gasteiger partial charge in [-0.2, -0.15) is 0 Å². The van der Waals surface area contributed by atoms with Gasteiger partial charge in [-0.25, -0.2) is 0 Å². The Bertz CT molecular complexity index is 186. The maximum atomic E-state index is 8.68. The van der Waals surface area contributed by atoms with E-state index in [1.165, 1.54) is 11.3 Å². The molecule has 1 aromatic rings. The largest absolute Gasteiger partial charge is 0.484 e. The number of hydrogen-bond donors (Lipinski definition) is 2. The van der Waals surface area contributed by atoms with Gasteiger partial charge in [-0.3, -0.25) is 0 Å². The molecule has 0 bridgehead atoms. The zero-order chi connectivity index (χ0) is 8.10. The van der Waals surface area contributed by atoms with Crippen molar-refractivity contribution < 1.29 is 9.84 Å². The predicted octanol–water partition coefficient (Wildman–Crippen LogP) is 0.794. The fourth-order valence-corrected chi connectivity index (χ4v) is 1.23. The average Bonchev–Trinajstić information content (AvgIpc) is 2.39. The zero-order valence-corrected chi connectivity index (χ0v) is 6.88. The van der Waals surface area contributed by atoms with Crippen LogP contribution < -0.4 is 10.5 Å². The summed E-state index contributed by atoms with van der Waals surface area (Å²) in [5.74, 6) is 0. The highest BCUT2D eigenvalue weighted by atomic mass is 32.1. The van der Waals surface area contributed by atoms with Gasteiger partial charge < -0.3 is 15.6 Å². The first-order valence-corrected chi connectivity index (χ1v) is 4.27. The van der Waals surface area contributed by atoms with Crippen molar-refractivity contribution in [3.63, 3.8) is 0 Å². The Morgan fingerprint density at radius 2 is 2.55 bits per heavy atom. The van der Waals surface area contributed by atoms with Gasteiger partial charge in [0, 0.05) is 6.42 Å². The van der Waals surface area contributed by atoms with Crippen LogP contribution in [0.3, 0.4) is 0 Å². The molecule has 0 aromatic carbocycles. The van der Waals surface area contributed by atoms with E-state index in [1.54, 1.807) is 0 Å². The first kappa shape index (κ1) is 8.52. The molecule has 0 aliphatic carbocycles. The van der Waals surface area contributed by atoms with Crippen LogP contribution in [0.5, 0.6) is 5.06 Å². The fraction of sp³-hybridized carbons (Fsp3) is 0.429. The van der Waals surface area contributed by atoms with Crippen LogP contribution in [0.15, 0.2) is 17.5 Å². The van der Waals surface area contributed by atoms with E-state index in [0.717, 1.165) is 5.06 Å². The third-order valence-corrected chi connectivity index (χ3v) is 1.93. The molecule has 0 saturated carbocycles. The minimum absolute atomic E-state index is 0.470. The lowest BCUT2D eigenvalue weighted by atomic mass is 10.4. The smallest absolute Gasteiger partial charge is 0.173 e. The van der Waals surface area contributed by atoms with Crippen molar-refractivity contribution in [3.8, 4) is 5.06 Å². The molecule has 0 amide bonds. The van der Waals surface area contributed by atoms with E-state index in [-0.39, 0.29) is 0 Å². The minimum atomic E-state index is -0.769. The molecule has 3 nitrogen and oxygen atoms in total. The van der Waals surface area contributed by atoms with Crippen LogP contribution in [0.4, 0.5) is 0 Å². The van der Waals surface area contributed by atoms with Crippen LogP contribution in [0, 0.1) is 0 Å². The van der Waals surface area contributed by atoms with Gasteiger partial charge in [-0.1, -0.05) is 0 Å². The lowest BCUT2D eigenvalue weighted by molar-refractivity contribution is 0.146. The molecule has 1 atom stereocenters. The van der Waals surface area contributed by atoms with Crippen molar-refractivity contribution in [1.82, 2.24) is 0 Å². The summed E-state index contributed by atoms with van der Waals surface area (Å²) in [5, 5.41) is 11.5. The Morgan fingerprint density at radius 3 is 3.09 bits per heavy atom. The van der Waals surface area contributed by atoms with E-state index in [9.17, 15) is 0 Å². The van der Waals surface area contributed by atoms with Crippen LogP contribution in [0.2, 0.25) is 0 Å². The molecule has 0 radical (unpaired) electrons. The highest BCUT2D eigenvalue weighted by Gasteiger charge is 1.96. The molecule has 1 aromatic heterocycles. The fourth-order valence-electron chi connectivity index (χ4n) is 0.626. The Kier molecular flexibility index (Phi) is 3.35. The van der Waals surface area contributed by atoms with Gasteiger partial charge in [-0.15, -0.1) is 11.3 Å². The van der Waals surface area contributed by atoms with Crippen molar-refractivity contribution in [2.45, 2.75) is 12.6 Å². The summed E-state index contributed by atoms with van der Waals surface area (Å²) < 4.78 is 5.24. The van der Waals surface area contributed by atoms with E-state index < -0.39 is 6.23 Å². The van der Waals surface area contributed by atoms with E-state index in [2.05, 4.69) is 0 Å². The minimum Gasteiger partial charge on any atom is -0.484 e. The lowest BCUT2D eigenvalue weighted by Crippen LogP contribution is -2.21. The van der Waals surface area contributed by atoms with Crippen LogP contribution in [0.1, 0.15) is 6.42 Å². The predicted molar refractivity (Wildman–Crippen MR) is 44.6 cm³/mol. The summed E-state index contributed by atoms with van der Waals surface area (Å²) in [6.07, 6.45) is -0.298. The molecule has 1 rings (SSSR count). The molecule has 0 aliphatic rings. The standard InChI is InChI=1S/C7H11NO2S/c8-6(9)3-4-10-7-2-1-5-11-7/h1-2,5-6,9H,3-4,8H2. The van der Waals surface area contributed by atoms with Crippen LogP contribution in [-0.4, -0.2) is 17.9 Å². The van der Waals surface area contributed by atoms with Gasteiger partial charge >= 0.3 is 0 Å². The van der Waals surface area contributed by atoms with Crippen LogP contribution in [-0.2, 0) is 0 Å². The summed E-state index contributed by atoms with van der Waals surface area (Å²) >= 11 is 1.53. The molecule has 11 heavy (non-hydrogen) atoms. The molecule has 62 valence electrons. The lowest BCUT2D eigenvalue weighted by Gasteiger charge is -2.04. The number of thiophene rings is 1. The summed E-state index contributed by atoms with van der Waals surface area (Å²) in [7, 11) is 0. The maximum absolute atomic E-state index is 8.68. The first-order valence-electron chi connectivity index (χ1n) is 3.39. The Labute approximate surface area is 69.4 Å². The maximum Gasteiger partial charge on any atom is 0.173 e. The Hall–Kier alpha value is -0.580. The zero-order valence-electron chi connectivity index (χ0n) is 6.06. The van der Waals surface area contributed by atoms with E-state index in [0.29, 0.717) is 13.0 Å². The SMILES string of the molecule is NC(O)CCOc1cccs1. The molecular formula is C7H11NO2S. The molecule has 0 spiro atoms. The Balaban J connectivity index is 2.14. The third kappa shape index (κ3) is 3.36. The van der Waals surface area contributed by atoms with Crippen LogP contribution in [0.25, 0.3) is 0 Å². The van der Waals surface area contributed by atoms with Crippen molar-refractivity contribution in [2.75, 3.05) is 6.61 Å². The number of aliphatic hydroxyl groups is 1. The van der Waals surface area contributed by atoms with E-state index in [4.69, 9.17) is 15.6 Å². The van der Waals surface area contributed by atoms with Gasteiger partial charge in [0.05, 0.1) is 6.61 Å². The normalized spacial score (nSPS) is 12.9. The van der Waals surface area contributed by atoms with Gasteiger partial charge in [0.2, 0.25) is 0 Å². The summed E-state index contributed by atoms with van der Waals surface area (Å²) in [6, 6.07) is 3.80. The molecule has 1 unspecified atom stereocenters. The molecule has 3 N–H and O–H groups in total. The number of hydrogen-bond acceptors (Lipinski definition) is 4. The van der Waals surface area contributed by atoms with E-state index >= 15 is 0 Å². The molecule has 4 heteroatoms. The molecule has 0 fully saturated rings. The highest BCUT2D eigenvalue weighted by molar-refractivity contribution is 7.11. The summed E-state index contributed by atoms with van der Waals surface area (Å²) in [4.78, 5) is 0. The first-order chi connectivity index (χ1) is 5.29. The topological polar surface area (TPSA) is 55.5 Å². The number of ether oxygens (including phenoxy) is 1. The summed E-state index contributed by atoms with van der Waals surface area (Å²) in [6.45, 7) is 0.470.